The Kier molecular flexibility index (Phi) is 7.13. The van der Waals surface area contributed by atoms with Gasteiger partial charge in [0.25, 0.3) is 0 Å². The van der Waals surface area contributed by atoms with Crippen molar-refractivity contribution in [3.05, 3.63) is 59.7 Å². The highest BCUT2D eigenvalue weighted by Gasteiger charge is 2.10. The molecule has 0 aliphatic rings. The van der Waals surface area contributed by atoms with Crippen LogP contribution in [0.2, 0.25) is 0 Å². The van der Waals surface area contributed by atoms with Gasteiger partial charge in [-0.05, 0) is 35.6 Å². The molecule has 1 N–H and O–H groups in total. The minimum absolute atomic E-state index is 0.356. The lowest BCUT2D eigenvalue weighted by Gasteiger charge is -2.18. The first-order valence-corrected chi connectivity index (χ1v) is 8.72. The zero-order chi connectivity index (χ0) is 17.4. The van der Waals surface area contributed by atoms with Crippen molar-refractivity contribution >= 4 is 0 Å². The predicted octanol–water partition coefficient (Wildman–Crippen LogP) is 4.97. The number of hydrogen-bond donors (Lipinski definition) is 1. The van der Waals surface area contributed by atoms with Crippen molar-refractivity contribution in [3.8, 4) is 11.5 Å². The molecule has 0 bridgehead atoms. The summed E-state index contributed by atoms with van der Waals surface area (Å²) in [5, 5.41) is 3.63. The Morgan fingerprint density at radius 3 is 2.38 bits per heavy atom. The highest BCUT2D eigenvalue weighted by atomic mass is 16.5. The highest BCUT2D eigenvalue weighted by molar-refractivity contribution is 5.43. The Balaban J connectivity index is 2.01. The number of ether oxygens (including phenoxy) is 2. The maximum atomic E-state index is 5.82. The molecule has 2 aromatic carbocycles. The average Bonchev–Trinajstić information content (AvgIpc) is 2.61. The third kappa shape index (κ3) is 5.27. The van der Waals surface area contributed by atoms with Gasteiger partial charge in [-0.1, -0.05) is 57.2 Å². The maximum Gasteiger partial charge on any atom is 0.161 e. The molecular weight excluding hydrogens is 298 g/mol. The van der Waals surface area contributed by atoms with Crippen molar-refractivity contribution in [3.63, 3.8) is 0 Å². The predicted molar refractivity (Wildman–Crippen MR) is 99.6 cm³/mol. The fourth-order valence-electron chi connectivity index (χ4n) is 2.62. The summed E-state index contributed by atoms with van der Waals surface area (Å²) in [4.78, 5) is 0. The first-order chi connectivity index (χ1) is 11.6. The zero-order valence-corrected chi connectivity index (χ0v) is 15.2. The Labute approximate surface area is 146 Å². The van der Waals surface area contributed by atoms with Crippen molar-refractivity contribution in [2.24, 2.45) is 5.92 Å². The van der Waals surface area contributed by atoms with E-state index in [2.05, 4.69) is 68.6 Å². The van der Waals surface area contributed by atoms with Crippen LogP contribution in [0.25, 0.3) is 0 Å². The van der Waals surface area contributed by atoms with Gasteiger partial charge in [-0.2, -0.15) is 0 Å². The molecule has 0 aliphatic heterocycles. The lowest BCUT2D eigenvalue weighted by molar-refractivity contribution is 0.256. The van der Waals surface area contributed by atoms with E-state index in [0.29, 0.717) is 18.6 Å². The molecule has 0 saturated heterocycles. The summed E-state index contributed by atoms with van der Waals surface area (Å²) in [5.41, 5.74) is 2.52. The van der Waals surface area contributed by atoms with Crippen LogP contribution in [0.4, 0.5) is 0 Å². The molecule has 0 radical (unpaired) electrons. The summed E-state index contributed by atoms with van der Waals surface area (Å²) in [5.74, 6) is 2.10. The molecule has 3 nitrogen and oxygen atoms in total. The largest absolute Gasteiger partial charge is 0.493 e. The topological polar surface area (TPSA) is 30.5 Å². The quantitative estimate of drug-likeness (QED) is 0.705. The summed E-state index contributed by atoms with van der Waals surface area (Å²) in [7, 11) is 1.69. The van der Waals surface area contributed by atoms with Gasteiger partial charge in [0, 0.05) is 12.6 Å². The summed E-state index contributed by atoms with van der Waals surface area (Å²) in [6, 6.07) is 17.1. The molecule has 1 atom stereocenters. The van der Waals surface area contributed by atoms with Crippen LogP contribution in [0, 0.1) is 5.92 Å². The molecule has 0 fully saturated rings. The molecule has 2 aromatic rings. The fraction of sp³-hybridized carbons (Fsp3) is 0.429. The molecule has 24 heavy (non-hydrogen) atoms. The second-order valence-electron chi connectivity index (χ2n) is 6.44. The van der Waals surface area contributed by atoms with E-state index in [9.17, 15) is 0 Å². The van der Waals surface area contributed by atoms with Gasteiger partial charge < -0.3 is 14.8 Å². The Hall–Kier alpha value is -2.00. The molecule has 3 heteroatoms. The van der Waals surface area contributed by atoms with Gasteiger partial charge >= 0.3 is 0 Å². The van der Waals surface area contributed by atoms with Gasteiger partial charge in [-0.15, -0.1) is 0 Å². The summed E-state index contributed by atoms with van der Waals surface area (Å²) >= 11 is 0. The minimum Gasteiger partial charge on any atom is -0.493 e. The van der Waals surface area contributed by atoms with Crippen molar-refractivity contribution in [1.29, 1.82) is 0 Å². The van der Waals surface area contributed by atoms with Gasteiger partial charge in [0.05, 0.1) is 13.7 Å². The zero-order valence-electron chi connectivity index (χ0n) is 15.2. The van der Waals surface area contributed by atoms with E-state index in [1.807, 2.05) is 6.07 Å². The molecule has 0 saturated carbocycles. The lowest BCUT2D eigenvalue weighted by Crippen LogP contribution is -2.20. The number of nitrogens with one attached hydrogen (secondary N) is 1. The van der Waals surface area contributed by atoms with E-state index in [1.165, 1.54) is 11.1 Å². The van der Waals surface area contributed by atoms with E-state index < -0.39 is 0 Å². The van der Waals surface area contributed by atoms with E-state index in [-0.39, 0.29) is 0 Å². The van der Waals surface area contributed by atoms with Crippen molar-refractivity contribution in [1.82, 2.24) is 5.32 Å². The van der Waals surface area contributed by atoms with Crippen LogP contribution in [0.3, 0.4) is 0 Å². The molecule has 0 aromatic heterocycles. The number of methoxy groups -OCH3 is 1. The monoisotopic (exact) mass is 327 g/mol. The molecule has 0 spiro atoms. The van der Waals surface area contributed by atoms with Crippen LogP contribution in [0.15, 0.2) is 48.5 Å². The fourth-order valence-corrected chi connectivity index (χ4v) is 2.62. The third-order valence-electron chi connectivity index (χ3n) is 3.96. The van der Waals surface area contributed by atoms with Crippen molar-refractivity contribution < 1.29 is 9.47 Å². The van der Waals surface area contributed by atoms with Crippen LogP contribution in [-0.2, 0) is 6.54 Å². The van der Waals surface area contributed by atoms with Crippen LogP contribution < -0.4 is 14.8 Å². The van der Waals surface area contributed by atoms with E-state index in [4.69, 9.17) is 9.47 Å². The summed E-state index contributed by atoms with van der Waals surface area (Å²) in [6.45, 7) is 7.97. The Morgan fingerprint density at radius 2 is 1.75 bits per heavy atom. The van der Waals surface area contributed by atoms with Gasteiger partial charge in [0.1, 0.15) is 0 Å². The molecule has 2 rings (SSSR count). The number of benzene rings is 2. The van der Waals surface area contributed by atoms with Crippen molar-refractivity contribution in [2.75, 3.05) is 13.7 Å². The van der Waals surface area contributed by atoms with E-state index in [1.54, 1.807) is 7.11 Å². The van der Waals surface area contributed by atoms with E-state index in [0.717, 1.165) is 24.5 Å². The third-order valence-corrected chi connectivity index (χ3v) is 3.96. The van der Waals surface area contributed by atoms with Gasteiger partial charge in [-0.3, -0.25) is 0 Å². The number of rotatable bonds is 9. The van der Waals surface area contributed by atoms with Crippen LogP contribution in [0.5, 0.6) is 11.5 Å². The van der Waals surface area contributed by atoms with Crippen LogP contribution >= 0.6 is 0 Å². The van der Waals surface area contributed by atoms with Gasteiger partial charge in [0.15, 0.2) is 11.5 Å². The second kappa shape index (κ2) is 9.33. The standard InChI is InChI=1S/C21H29NO2/c1-5-19(18-9-7-6-8-10-18)22-14-17-11-12-20(21(13-17)23-4)24-15-16(2)3/h6-13,16,19,22H,5,14-15H2,1-4H3. The van der Waals surface area contributed by atoms with Crippen molar-refractivity contribution in [2.45, 2.75) is 39.8 Å². The van der Waals surface area contributed by atoms with Gasteiger partial charge in [0.2, 0.25) is 0 Å². The maximum absolute atomic E-state index is 5.82. The molecule has 0 amide bonds. The van der Waals surface area contributed by atoms with Crippen LogP contribution in [-0.4, -0.2) is 13.7 Å². The molecule has 0 aliphatic carbocycles. The minimum atomic E-state index is 0.356. The molecular formula is C21H29NO2. The number of hydrogen-bond acceptors (Lipinski definition) is 3. The lowest BCUT2D eigenvalue weighted by atomic mass is 10.0. The first kappa shape index (κ1) is 18.3. The molecule has 1 unspecified atom stereocenters. The molecule has 130 valence electrons. The summed E-state index contributed by atoms with van der Waals surface area (Å²) in [6.07, 6.45) is 1.05. The second-order valence-corrected chi connectivity index (χ2v) is 6.44. The van der Waals surface area contributed by atoms with E-state index >= 15 is 0 Å². The Bertz CT molecular complexity index is 610. The summed E-state index contributed by atoms with van der Waals surface area (Å²) < 4.78 is 11.3. The SMILES string of the molecule is CCC(NCc1ccc(OCC(C)C)c(OC)c1)c1ccccc1. The molecule has 0 heterocycles. The smallest absolute Gasteiger partial charge is 0.161 e. The Morgan fingerprint density at radius 1 is 1.00 bits per heavy atom. The normalized spacial score (nSPS) is 12.2. The highest BCUT2D eigenvalue weighted by Crippen LogP contribution is 2.29. The van der Waals surface area contributed by atoms with Gasteiger partial charge in [-0.25, -0.2) is 0 Å². The van der Waals surface area contributed by atoms with Crippen LogP contribution in [0.1, 0.15) is 44.4 Å². The first-order valence-electron chi connectivity index (χ1n) is 8.72. The average molecular weight is 327 g/mol.